The molecule has 0 N–H and O–H groups in total. The number of aliphatic carboxylic acids is 1. The van der Waals surface area contributed by atoms with Gasteiger partial charge in [-0.3, -0.25) is 0 Å². The van der Waals surface area contributed by atoms with E-state index < -0.39 is 11.4 Å². The molecule has 0 aromatic heterocycles. The van der Waals surface area contributed by atoms with Crippen LogP contribution >= 0.6 is 0 Å². The molecule has 0 aliphatic rings. The van der Waals surface area contributed by atoms with Crippen molar-refractivity contribution in [2.45, 2.75) is 59.3 Å². The predicted octanol–water partition coefficient (Wildman–Crippen LogP) is -0.873. The third-order valence-corrected chi connectivity index (χ3v) is 2.62. The summed E-state index contributed by atoms with van der Waals surface area (Å²) in [6, 6.07) is 0. The Labute approximate surface area is 110 Å². The molecular weight excluding hydrogens is 187 g/mol. The normalized spacial score (nSPS) is 10.8. The molecule has 0 unspecified atom stereocenters. The summed E-state index contributed by atoms with van der Waals surface area (Å²) in [6.45, 7) is 6.09. The molecule has 0 spiro atoms. The minimum Gasteiger partial charge on any atom is -0.550 e. The zero-order valence-corrected chi connectivity index (χ0v) is 12.1. The number of hydrogen-bond acceptors (Lipinski definition) is 2. The Morgan fingerprint density at radius 1 is 1.00 bits per heavy atom. The molecule has 0 rings (SSSR count). The third kappa shape index (κ3) is 4.81. The molecular formula is C11H21NaO2. The van der Waals surface area contributed by atoms with Gasteiger partial charge in [-0.05, 0) is 19.3 Å². The monoisotopic (exact) mass is 208 g/mol. The summed E-state index contributed by atoms with van der Waals surface area (Å²) in [7, 11) is 0. The molecule has 0 amide bonds. The van der Waals surface area contributed by atoms with Crippen LogP contribution in [0.4, 0.5) is 0 Å². The molecule has 14 heavy (non-hydrogen) atoms. The quantitative estimate of drug-likeness (QED) is 0.510. The first-order valence-corrected chi connectivity index (χ1v) is 5.34. The Morgan fingerprint density at radius 2 is 1.29 bits per heavy atom. The standard InChI is InChI=1S/C11H22O2.Na/c1-4-7-11(8-5-2,9-6-3)10(12)13;/h4-9H2,1-3H3,(H,12,13);/q;+1/p-1. The fraction of sp³-hybridized carbons (Fsp3) is 0.909. The Balaban J connectivity index is 0. The molecule has 0 aromatic rings. The van der Waals surface area contributed by atoms with Crippen LogP contribution in [-0.2, 0) is 4.79 Å². The van der Waals surface area contributed by atoms with E-state index in [1.54, 1.807) is 0 Å². The molecule has 0 atom stereocenters. The summed E-state index contributed by atoms with van der Waals surface area (Å²) in [6.07, 6.45) is 5.06. The summed E-state index contributed by atoms with van der Waals surface area (Å²) in [5.74, 6) is -0.849. The van der Waals surface area contributed by atoms with E-state index in [1.807, 2.05) is 20.8 Å². The van der Waals surface area contributed by atoms with Gasteiger partial charge in [0, 0.05) is 11.4 Å². The Morgan fingerprint density at radius 3 is 1.43 bits per heavy atom. The molecule has 0 aromatic carbocycles. The smallest absolute Gasteiger partial charge is 0.550 e. The van der Waals surface area contributed by atoms with Crippen molar-refractivity contribution in [2.24, 2.45) is 5.41 Å². The van der Waals surface area contributed by atoms with Crippen molar-refractivity contribution in [3.63, 3.8) is 0 Å². The van der Waals surface area contributed by atoms with Crippen molar-refractivity contribution in [3.05, 3.63) is 0 Å². The summed E-state index contributed by atoms with van der Waals surface area (Å²) in [4.78, 5) is 11.1. The van der Waals surface area contributed by atoms with Crippen molar-refractivity contribution >= 4 is 5.97 Å². The van der Waals surface area contributed by atoms with Crippen LogP contribution in [0.1, 0.15) is 59.3 Å². The second-order valence-electron chi connectivity index (χ2n) is 3.82. The van der Waals surface area contributed by atoms with Crippen LogP contribution < -0.4 is 34.7 Å². The fourth-order valence-electron chi connectivity index (χ4n) is 2.12. The van der Waals surface area contributed by atoms with E-state index in [0.29, 0.717) is 0 Å². The molecule has 0 fully saturated rings. The van der Waals surface area contributed by atoms with E-state index in [2.05, 4.69) is 0 Å². The van der Waals surface area contributed by atoms with Crippen LogP contribution in [0, 0.1) is 5.41 Å². The minimum atomic E-state index is -0.849. The SMILES string of the molecule is CCCC(CCC)(CCC)C(=O)[O-].[Na+]. The van der Waals surface area contributed by atoms with E-state index >= 15 is 0 Å². The fourth-order valence-corrected chi connectivity index (χ4v) is 2.12. The van der Waals surface area contributed by atoms with Gasteiger partial charge in [0.05, 0.1) is 0 Å². The Hall–Kier alpha value is 0.470. The molecule has 0 radical (unpaired) electrons. The van der Waals surface area contributed by atoms with Crippen LogP contribution in [0.25, 0.3) is 0 Å². The van der Waals surface area contributed by atoms with Crippen LogP contribution in [0.2, 0.25) is 0 Å². The van der Waals surface area contributed by atoms with Crippen molar-refractivity contribution < 1.29 is 39.5 Å². The number of carboxylic acid groups (broad SMARTS) is 1. The molecule has 0 saturated carbocycles. The van der Waals surface area contributed by atoms with Gasteiger partial charge in [0.2, 0.25) is 0 Å². The summed E-state index contributed by atoms with van der Waals surface area (Å²) < 4.78 is 0. The van der Waals surface area contributed by atoms with Gasteiger partial charge < -0.3 is 9.90 Å². The van der Waals surface area contributed by atoms with Crippen LogP contribution in [0.15, 0.2) is 0 Å². The van der Waals surface area contributed by atoms with Crippen molar-refractivity contribution in [1.82, 2.24) is 0 Å². The molecule has 0 saturated heterocycles. The molecule has 2 nitrogen and oxygen atoms in total. The number of carbonyl (C=O) groups is 1. The van der Waals surface area contributed by atoms with Crippen LogP contribution in [-0.4, -0.2) is 5.97 Å². The minimum absolute atomic E-state index is 0. The third-order valence-electron chi connectivity index (χ3n) is 2.62. The first-order chi connectivity index (χ1) is 6.13. The van der Waals surface area contributed by atoms with Gasteiger partial charge in [-0.25, -0.2) is 0 Å². The van der Waals surface area contributed by atoms with Gasteiger partial charge in [-0.1, -0.05) is 40.0 Å². The summed E-state index contributed by atoms with van der Waals surface area (Å²) in [5, 5.41) is 11.1. The van der Waals surface area contributed by atoms with Gasteiger partial charge >= 0.3 is 29.6 Å². The average Bonchev–Trinajstić information content (AvgIpc) is 2.05. The largest absolute Gasteiger partial charge is 1.00 e. The first-order valence-electron chi connectivity index (χ1n) is 5.34. The van der Waals surface area contributed by atoms with Gasteiger partial charge in [-0.15, -0.1) is 0 Å². The molecule has 0 heterocycles. The maximum atomic E-state index is 11.1. The van der Waals surface area contributed by atoms with E-state index in [1.165, 1.54) is 0 Å². The van der Waals surface area contributed by atoms with Crippen molar-refractivity contribution in [2.75, 3.05) is 0 Å². The van der Waals surface area contributed by atoms with Gasteiger partial charge in [0.25, 0.3) is 0 Å². The van der Waals surface area contributed by atoms with Gasteiger partial charge in [-0.2, -0.15) is 0 Å². The Kier molecular flexibility index (Phi) is 10.6. The Bertz CT molecular complexity index is 140. The molecule has 78 valence electrons. The number of hydrogen-bond donors (Lipinski definition) is 0. The summed E-state index contributed by atoms with van der Waals surface area (Å²) >= 11 is 0. The van der Waals surface area contributed by atoms with Gasteiger partial charge in [0.15, 0.2) is 0 Å². The zero-order chi connectivity index (χ0) is 10.3. The van der Waals surface area contributed by atoms with Gasteiger partial charge in [0.1, 0.15) is 0 Å². The predicted molar refractivity (Wildman–Crippen MR) is 52.2 cm³/mol. The van der Waals surface area contributed by atoms with E-state index in [0.717, 1.165) is 38.5 Å². The average molecular weight is 208 g/mol. The molecule has 0 aliphatic carbocycles. The van der Waals surface area contributed by atoms with E-state index in [4.69, 9.17) is 0 Å². The molecule has 0 bridgehead atoms. The number of carbonyl (C=O) groups excluding carboxylic acids is 1. The summed E-state index contributed by atoms with van der Waals surface area (Å²) in [5.41, 5.74) is -0.543. The van der Waals surface area contributed by atoms with Crippen LogP contribution in [0.3, 0.4) is 0 Å². The second-order valence-corrected chi connectivity index (χ2v) is 3.82. The number of rotatable bonds is 7. The number of carboxylic acids is 1. The van der Waals surface area contributed by atoms with Crippen molar-refractivity contribution in [3.8, 4) is 0 Å². The maximum Gasteiger partial charge on any atom is 1.00 e. The van der Waals surface area contributed by atoms with Crippen LogP contribution in [0.5, 0.6) is 0 Å². The second kappa shape index (κ2) is 8.75. The first kappa shape index (κ1) is 16.9. The zero-order valence-electron chi connectivity index (χ0n) is 10.1. The van der Waals surface area contributed by atoms with E-state index in [-0.39, 0.29) is 29.6 Å². The van der Waals surface area contributed by atoms with E-state index in [9.17, 15) is 9.90 Å². The molecule has 0 aliphatic heterocycles. The van der Waals surface area contributed by atoms with Crippen molar-refractivity contribution in [1.29, 1.82) is 0 Å². The topological polar surface area (TPSA) is 40.1 Å². The maximum absolute atomic E-state index is 11.1. The molecule has 3 heteroatoms.